The number of benzene rings is 1. The van der Waals surface area contributed by atoms with Crippen LogP contribution in [0.1, 0.15) is 17.3 Å². The van der Waals surface area contributed by atoms with Crippen LogP contribution < -0.4 is 5.32 Å². The van der Waals surface area contributed by atoms with Crippen molar-refractivity contribution in [3.05, 3.63) is 28.8 Å². The van der Waals surface area contributed by atoms with Gasteiger partial charge in [-0.05, 0) is 25.1 Å². The smallest absolute Gasteiger partial charge is 0.251 e. The fourth-order valence-electron chi connectivity index (χ4n) is 2.05. The van der Waals surface area contributed by atoms with Crippen molar-refractivity contribution < 1.29 is 19.4 Å². The minimum Gasteiger partial charge on any atom is -0.506 e. The number of nitrogens with zero attached hydrogens (tertiary/aromatic N) is 1. The second-order valence-electron chi connectivity index (χ2n) is 4.80. The monoisotopic (exact) mass is 312 g/mol. The lowest BCUT2D eigenvalue weighted by molar-refractivity contribution is -0.136. The Hall–Kier alpha value is -1.79. The number of carbonyl (C=O) groups is 2. The number of amides is 2. The highest BCUT2D eigenvalue weighted by atomic mass is 35.5. The van der Waals surface area contributed by atoms with Crippen LogP contribution in [0, 0.1) is 0 Å². The Labute approximate surface area is 127 Å². The number of halogens is 1. The van der Waals surface area contributed by atoms with Crippen LogP contribution in [0.4, 0.5) is 0 Å². The van der Waals surface area contributed by atoms with Gasteiger partial charge in [-0.25, -0.2) is 0 Å². The summed E-state index contributed by atoms with van der Waals surface area (Å²) in [5, 5.41) is 12.1. The Balaban J connectivity index is 1.97. The maximum absolute atomic E-state index is 12.2. The van der Waals surface area contributed by atoms with Crippen molar-refractivity contribution in [2.45, 2.75) is 13.0 Å². The van der Waals surface area contributed by atoms with Gasteiger partial charge >= 0.3 is 0 Å². The molecule has 1 unspecified atom stereocenters. The number of nitrogens with one attached hydrogen (secondary N) is 1. The Bertz CT molecular complexity index is 544. The van der Waals surface area contributed by atoms with Crippen molar-refractivity contribution >= 4 is 23.4 Å². The average molecular weight is 313 g/mol. The van der Waals surface area contributed by atoms with Crippen molar-refractivity contribution in [1.29, 1.82) is 0 Å². The van der Waals surface area contributed by atoms with Gasteiger partial charge in [0.2, 0.25) is 5.91 Å². The number of morpholine rings is 1. The fourth-order valence-corrected chi connectivity index (χ4v) is 2.23. The first kappa shape index (κ1) is 15.6. The van der Waals surface area contributed by atoms with Crippen LogP contribution in [0.5, 0.6) is 5.75 Å². The molecule has 0 aromatic heterocycles. The highest BCUT2D eigenvalue weighted by Gasteiger charge is 2.24. The van der Waals surface area contributed by atoms with E-state index in [1.807, 2.05) is 0 Å². The number of rotatable bonds is 3. The van der Waals surface area contributed by atoms with Gasteiger partial charge in [0.1, 0.15) is 11.8 Å². The second kappa shape index (κ2) is 6.78. The summed E-state index contributed by atoms with van der Waals surface area (Å²) < 4.78 is 5.18. The average Bonchev–Trinajstić information content (AvgIpc) is 2.50. The number of phenols is 1. The Kier molecular flexibility index (Phi) is 5.03. The third-order valence-corrected chi connectivity index (χ3v) is 3.55. The summed E-state index contributed by atoms with van der Waals surface area (Å²) in [6.45, 7) is 3.73. The van der Waals surface area contributed by atoms with E-state index in [2.05, 4.69) is 5.32 Å². The molecule has 1 saturated heterocycles. The summed E-state index contributed by atoms with van der Waals surface area (Å²) >= 11 is 5.76. The SMILES string of the molecule is CC(NC(=O)c1ccc(O)c(Cl)c1)C(=O)N1CCOCC1. The van der Waals surface area contributed by atoms with Crippen LogP contribution >= 0.6 is 11.6 Å². The Morgan fingerprint density at radius 2 is 2.05 bits per heavy atom. The van der Waals surface area contributed by atoms with E-state index in [1.165, 1.54) is 18.2 Å². The minimum atomic E-state index is -0.636. The minimum absolute atomic E-state index is 0.0920. The standard InChI is InChI=1S/C14H17ClN2O4/c1-9(14(20)17-4-6-21-7-5-17)16-13(19)10-2-3-12(18)11(15)8-10/h2-3,8-9,18H,4-7H2,1H3,(H,16,19). The van der Waals surface area contributed by atoms with Crippen molar-refractivity contribution in [2.75, 3.05) is 26.3 Å². The zero-order valence-corrected chi connectivity index (χ0v) is 12.4. The van der Waals surface area contributed by atoms with Crippen molar-refractivity contribution in [2.24, 2.45) is 0 Å². The van der Waals surface area contributed by atoms with E-state index in [-0.39, 0.29) is 16.7 Å². The molecule has 114 valence electrons. The Morgan fingerprint density at radius 3 is 2.67 bits per heavy atom. The van der Waals surface area contributed by atoms with Crippen LogP contribution in [0.25, 0.3) is 0 Å². The van der Waals surface area contributed by atoms with Crippen molar-refractivity contribution in [1.82, 2.24) is 10.2 Å². The highest BCUT2D eigenvalue weighted by molar-refractivity contribution is 6.32. The van der Waals surface area contributed by atoms with Crippen LogP contribution in [-0.4, -0.2) is 54.2 Å². The summed E-state index contributed by atoms with van der Waals surface area (Å²) in [6, 6.07) is 3.51. The maximum atomic E-state index is 12.2. The molecule has 0 radical (unpaired) electrons. The summed E-state index contributed by atoms with van der Waals surface area (Å²) in [5.74, 6) is -0.645. The first-order valence-corrected chi connectivity index (χ1v) is 7.02. The molecule has 0 bridgehead atoms. The zero-order chi connectivity index (χ0) is 15.4. The molecule has 1 fully saturated rings. The topological polar surface area (TPSA) is 78.9 Å². The van der Waals surface area contributed by atoms with Gasteiger partial charge in [-0.3, -0.25) is 9.59 Å². The maximum Gasteiger partial charge on any atom is 0.251 e. The van der Waals surface area contributed by atoms with Crippen LogP contribution in [0.15, 0.2) is 18.2 Å². The number of carbonyl (C=O) groups excluding carboxylic acids is 2. The normalized spacial score (nSPS) is 16.4. The van der Waals surface area contributed by atoms with E-state index < -0.39 is 11.9 Å². The van der Waals surface area contributed by atoms with Crippen molar-refractivity contribution in [3.63, 3.8) is 0 Å². The van der Waals surface area contributed by atoms with Gasteiger partial charge in [0.05, 0.1) is 18.2 Å². The number of phenolic OH excluding ortho intramolecular Hbond substituents is 1. The molecule has 1 heterocycles. The molecule has 21 heavy (non-hydrogen) atoms. The lowest BCUT2D eigenvalue weighted by Crippen LogP contribution is -2.50. The third-order valence-electron chi connectivity index (χ3n) is 3.25. The number of hydrogen-bond acceptors (Lipinski definition) is 4. The molecular formula is C14H17ClN2O4. The molecule has 2 amide bonds. The van der Waals surface area contributed by atoms with E-state index in [9.17, 15) is 14.7 Å². The number of aromatic hydroxyl groups is 1. The quantitative estimate of drug-likeness (QED) is 0.873. The molecule has 1 aromatic rings. The molecule has 0 aliphatic carbocycles. The predicted octanol–water partition coefficient (Wildman–Crippen LogP) is 1.02. The van der Waals surface area contributed by atoms with Crippen LogP contribution in [-0.2, 0) is 9.53 Å². The molecule has 2 rings (SSSR count). The third kappa shape index (κ3) is 3.86. The van der Waals surface area contributed by atoms with Gasteiger partial charge in [0.25, 0.3) is 5.91 Å². The number of ether oxygens (including phenoxy) is 1. The first-order valence-electron chi connectivity index (χ1n) is 6.65. The molecule has 0 spiro atoms. The van der Waals surface area contributed by atoms with Gasteiger partial charge in [0.15, 0.2) is 0 Å². The summed E-state index contributed by atoms with van der Waals surface area (Å²) in [4.78, 5) is 25.9. The van der Waals surface area contributed by atoms with E-state index in [4.69, 9.17) is 16.3 Å². The highest BCUT2D eigenvalue weighted by Crippen LogP contribution is 2.23. The van der Waals surface area contributed by atoms with Crippen LogP contribution in [0.2, 0.25) is 5.02 Å². The molecule has 1 aliphatic heterocycles. The zero-order valence-electron chi connectivity index (χ0n) is 11.6. The number of hydrogen-bond donors (Lipinski definition) is 2. The lowest BCUT2D eigenvalue weighted by Gasteiger charge is -2.29. The molecule has 1 aliphatic rings. The van der Waals surface area contributed by atoms with Gasteiger partial charge in [-0.15, -0.1) is 0 Å². The van der Waals surface area contributed by atoms with Crippen molar-refractivity contribution in [3.8, 4) is 5.75 Å². The molecule has 7 heteroatoms. The summed E-state index contributed by atoms with van der Waals surface area (Å²) in [5.41, 5.74) is 0.291. The second-order valence-corrected chi connectivity index (χ2v) is 5.21. The molecular weight excluding hydrogens is 296 g/mol. The van der Waals surface area contributed by atoms with Gasteiger partial charge in [-0.1, -0.05) is 11.6 Å². The molecule has 1 atom stereocenters. The fraction of sp³-hybridized carbons (Fsp3) is 0.429. The molecule has 0 saturated carbocycles. The molecule has 2 N–H and O–H groups in total. The van der Waals surface area contributed by atoms with Gasteiger partial charge in [0, 0.05) is 18.7 Å². The van der Waals surface area contributed by atoms with Gasteiger partial charge < -0.3 is 20.1 Å². The molecule has 1 aromatic carbocycles. The van der Waals surface area contributed by atoms with Crippen LogP contribution in [0.3, 0.4) is 0 Å². The van der Waals surface area contributed by atoms with Gasteiger partial charge in [-0.2, -0.15) is 0 Å². The lowest BCUT2D eigenvalue weighted by atomic mass is 10.2. The van der Waals surface area contributed by atoms with E-state index in [0.717, 1.165) is 0 Å². The van der Waals surface area contributed by atoms with E-state index >= 15 is 0 Å². The van der Waals surface area contributed by atoms with E-state index in [1.54, 1.807) is 11.8 Å². The largest absolute Gasteiger partial charge is 0.506 e. The first-order chi connectivity index (χ1) is 9.99. The molecule has 6 nitrogen and oxygen atoms in total. The summed E-state index contributed by atoms with van der Waals surface area (Å²) in [6.07, 6.45) is 0. The summed E-state index contributed by atoms with van der Waals surface area (Å²) in [7, 11) is 0. The predicted molar refractivity (Wildman–Crippen MR) is 77.4 cm³/mol. The Morgan fingerprint density at radius 1 is 1.38 bits per heavy atom. The van der Waals surface area contributed by atoms with E-state index in [0.29, 0.717) is 31.9 Å².